The van der Waals surface area contributed by atoms with Gasteiger partial charge in [-0.25, -0.2) is 24.6 Å². The van der Waals surface area contributed by atoms with Crippen LogP contribution in [-0.2, 0) is 16.6 Å². The van der Waals surface area contributed by atoms with Gasteiger partial charge in [-0.15, -0.1) is 5.10 Å². The van der Waals surface area contributed by atoms with Gasteiger partial charge in [-0.3, -0.25) is 4.79 Å². The monoisotopic (exact) mass is 536 g/mol. The largest absolute Gasteiger partial charge is 0.453 e. The van der Waals surface area contributed by atoms with Crippen LogP contribution in [-0.4, -0.2) is 57.3 Å². The first-order valence-electron chi connectivity index (χ1n) is 11.4. The molecular weight excluding hydrogens is 515 g/mol. The first-order valence-corrected chi connectivity index (χ1v) is 11.4. The van der Waals surface area contributed by atoms with Gasteiger partial charge in [-0.1, -0.05) is 5.21 Å². The fourth-order valence-corrected chi connectivity index (χ4v) is 4.21. The summed E-state index contributed by atoms with van der Waals surface area (Å²) < 4.78 is 68.3. The summed E-state index contributed by atoms with van der Waals surface area (Å²) in [5.74, 6) is -5.42. The Balaban J connectivity index is 1.56. The van der Waals surface area contributed by atoms with Crippen LogP contribution in [0.2, 0.25) is 0 Å². The SMILES string of the molecule is CC(C)n1cc(C2(C)C(=O)Nc3nc(-c4cn5ccnc5c(CCC(F)(F)C(F)(F)F)n4)nc(N)c32)nn1. The third kappa shape index (κ3) is 3.90. The molecule has 1 aliphatic heterocycles. The molecule has 1 unspecified atom stereocenters. The molecule has 0 saturated carbocycles. The molecule has 0 bridgehead atoms. The van der Waals surface area contributed by atoms with Gasteiger partial charge in [0.1, 0.15) is 28.4 Å². The number of hydrogen-bond donors (Lipinski definition) is 2. The van der Waals surface area contributed by atoms with Crippen molar-refractivity contribution in [2.75, 3.05) is 11.1 Å². The van der Waals surface area contributed by atoms with Gasteiger partial charge in [0.05, 0.1) is 17.5 Å². The van der Waals surface area contributed by atoms with E-state index in [0.29, 0.717) is 5.69 Å². The molecule has 1 aliphatic rings. The van der Waals surface area contributed by atoms with Gasteiger partial charge in [-0.2, -0.15) is 22.0 Å². The maximum atomic E-state index is 13.6. The Morgan fingerprint density at radius 2 is 1.87 bits per heavy atom. The van der Waals surface area contributed by atoms with Gasteiger partial charge in [0.15, 0.2) is 11.5 Å². The Kier molecular flexibility index (Phi) is 5.61. The molecule has 11 nitrogen and oxygen atoms in total. The predicted molar refractivity (Wildman–Crippen MR) is 123 cm³/mol. The topological polar surface area (TPSA) is 142 Å². The maximum absolute atomic E-state index is 13.6. The molecule has 4 aromatic heterocycles. The lowest BCUT2D eigenvalue weighted by Crippen LogP contribution is -2.36. The lowest BCUT2D eigenvalue weighted by molar-refractivity contribution is -0.284. The zero-order chi connectivity index (χ0) is 27.6. The number of carbonyl (C=O) groups is 1. The average Bonchev–Trinajstić information content (AvgIpc) is 3.55. The highest BCUT2D eigenvalue weighted by Crippen LogP contribution is 2.44. The number of nitrogens with one attached hydrogen (secondary N) is 1. The number of hydrogen-bond acceptors (Lipinski definition) is 8. The number of nitrogens with two attached hydrogens (primary N) is 1. The summed E-state index contributed by atoms with van der Waals surface area (Å²) >= 11 is 0. The van der Waals surface area contributed by atoms with Gasteiger partial charge in [-0.05, 0) is 27.2 Å². The number of carbonyl (C=O) groups excluding carboxylic acids is 1. The highest BCUT2D eigenvalue weighted by atomic mass is 19.4. The molecule has 0 saturated heterocycles. The van der Waals surface area contributed by atoms with Crippen molar-refractivity contribution in [2.45, 2.75) is 57.2 Å². The summed E-state index contributed by atoms with van der Waals surface area (Å²) in [7, 11) is 0. The molecule has 200 valence electrons. The molecule has 5 rings (SSSR count). The number of nitrogens with zero attached hydrogens (tertiary/aromatic N) is 8. The first kappa shape index (κ1) is 25.4. The van der Waals surface area contributed by atoms with Crippen LogP contribution in [0, 0.1) is 0 Å². The number of anilines is 2. The summed E-state index contributed by atoms with van der Waals surface area (Å²) in [6.07, 6.45) is -2.06. The summed E-state index contributed by atoms with van der Waals surface area (Å²) in [5.41, 5.74) is 5.56. The molecule has 0 radical (unpaired) electrons. The van der Waals surface area contributed by atoms with Crippen LogP contribution in [0.4, 0.5) is 33.6 Å². The van der Waals surface area contributed by atoms with E-state index < -0.39 is 36.3 Å². The van der Waals surface area contributed by atoms with Crippen molar-refractivity contribution in [3.63, 3.8) is 0 Å². The Labute approximate surface area is 211 Å². The van der Waals surface area contributed by atoms with E-state index in [1.54, 1.807) is 17.8 Å². The summed E-state index contributed by atoms with van der Waals surface area (Å²) in [6.45, 7) is 5.41. The third-order valence-corrected chi connectivity index (χ3v) is 6.44. The fraction of sp³-hybridized carbons (Fsp3) is 0.409. The number of halogens is 5. The van der Waals surface area contributed by atoms with Gasteiger partial charge in [0, 0.05) is 31.1 Å². The van der Waals surface area contributed by atoms with Crippen LogP contribution < -0.4 is 11.1 Å². The Hall–Kier alpha value is -4.24. The Bertz CT molecular complexity index is 1560. The molecule has 3 N–H and O–H groups in total. The molecule has 0 spiro atoms. The quantitative estimate of drug-likeness (QED) is 0.358. The van der Waals surface area contributed by atoms with Crippen molar-refractivity contribution >= 4 is 23.2 Å². The van der Waals surface area contributed by atoms with Crippen molar-refractivity contribution in [3.8, 4) is 11.5 Å². The Morgan fingerprint density at radius 1 is 1.13 bits per heavy atom. The van der Waals surface area contributed by atoms with E-state index in [-0.39, 0.29) is 46.1 Å². The van der Waals surface area contributed by atoms with Crippen LogP contribution in [0.5, 0.6) is 0 Å². The van der Waals surface area contributed by atoms with Crippen molar-refractivity contribution in [1.82, 2.24) is 39.3 Å². The molecule has 38 heavy (non-hydrogen) atoms. The molecule has 16 heteroatoms. The number of aryl methyl sites for hydroxylation is 1. The van der Waals surface area contributed by atoms with Gasteiger partial charge in [0.25, 0.3) is 0 Å². The number of imidazole rings is 1. The number of alkyl halides is 5. The highest BCUT2D eigenvalue weighted by molar-refractivity contribution is 6.08. The molecule has 1 atom stereocenters. The second-order valence-electron chi connectivity index (χ2n) is 9.35. The van der Waals surface area contributed by atoms with E-state index in [0.717, 1.165) is 0 Å². The average molecular weight is 536 g/mol. The van der Waals surface area contributed by atoms with E-state index in [4.69, 9.17) is 5.73 Å². The van der Waals surface area contributed by atoms with Crippen LogP contribution >= 0.6 is 0 Å². The number of aromatic nitrogens is 8. The zero-order valence-electron chi connectivity index (χ0n) is 20.3. The Morgan fingerprint density at radius 3 is 2.53 bits per heavy atom. The molecule has 5 heterocycles. The maximum Gasteiger partial charge on any atom is 0.453 e. The molecule has 1 amide bonds. The third-order valence-electron chi connectivity index (χ3n) is 6.44. The smallest absolute Gasteiger partial charge is 0.383 e. The van der Waals surface area contributed by atoms with E-state index in [9.17, 15) is 26.7 Å². The lowest BCUT2D eigenvalue weighted by atomic mass is 9.81. The summed E-state index contributed by atoms with van der Waals surface area (Å²) in [5, 5.41) is 10.9. The molecule has 0 aromatic carbocycles. The van der Waals surface area contributed by atoms with Crippen LogP contribution in [0.3, 0.4) is 0 Å². The number of nitrogen functional groups attached to an aromatic ring is 1. The van der Waals surface area contributed by atoms with E-state index in [1.807, 2.05) is 13.8 Å². The van der Waals surface area contributed by atoms with E-state index in [1.165, 1.54) is 23.0 Å². The molecule has 4 aromatic rings. The highest BCUT2D eigenvalue weighted by Gasteiger charge is 2.56. The van der Waals surface area contributed by atoms with Crippen molar-refractivity contribution < 1.29 is 26.7 Å². The fourth-order valence-electron chi connectivity index (χ4n) is 4.21. The van der Waals surface area contributed by atoms with Crippen molar-refractivity contribution in [2.24, 2.45) is 0 Å². The normalized spacial score (nSPS) is 17.9. The lowest BCUT2D eigenvalue weighted by Gasteiger charge is -2.20. The molecular formula is C22H21F5N10O. The standard InChI is InChI=1S/C22H21F5N10O/c1-10(2)37-9-13(34-35-37)20(3)14-15(28)31-16(32-17(14)33-19(20)38)12-8-36-7-6-29-18(36)11(30-12)4-5-21(23,24)22(25,26)27/h6-10H,4-5H2,1-3H3,(H3,28,31,32,33,38). The second-order valence-corrected chi connectivity index (χ2v) is 9.35. The van der Waals surface area contributed by atoms with Crippen molar-refractivity contribution in [3.05, 3.63) is 41.7 Å². The summed E-state index contributed by atoms with van der Waals surface area (Å²) in [4.78, 5) is 30.0. The number of fused-ring (bicyclic) bond motifs is 2. The molecule has 0 aliphatic carbocycles. The molecule has 0 fully saturated rings. The van der Waals surface area contributed by atoms with Gasteiger partial charge < -0.3 is 15.5 Å². The van der Waals surface area contributed by atoms with Crippen LogP contribution in [0.25, 0.3) is 17.2 Å². The minimum absolute atomic E-state index is 0.00537. The van der Waals surface area contributed by atoms with Gasteiger partial charge >= 0.3 is 12.1 Å². The van der Waals surface area contributed by atoms with E-state index in [2.05, 4.69) is 35.6 Å². The number of amides is 1. The van der Waals surface area contributed by atoms with Gasteiger partial charge in [0.2, 0.25) is 5.91 Å². The minimum Gasteiger partial charge on any atom is -0.383 e. The first-order chi connectivity index (χ1) is 17.7. The predicted octanol–water partition coefficient (Wildman–Crippen LogP) is 3.33. The summed E-state index contributed by atoms with van der Waals surface area (Å²) in [6, 6.07) is -0.00537. The minimum atomic E-state index is -5.70. The van der Waals surface area contributed by atoms with Crippen molar-refractivity contribution in [1.29, 1.82) is 0 Å². The zero-order valence-corrected chi connectivity index (χ0v) is 20.3. The van der Waals surface area contributed by atoms with E-state index >= 15 is 0 Å². The number of rotatable bonds is 6. The van der Waals surface area contributed by atoms with Crippen LogP contribution in [0.1, 0.15) is 50.2 Å². The van der Waals surface area contributed by atoms with Crippen LogP contribution in [0.15, 0.2) is 24.8 Å². The second kappa shape index (κ2) is 8.39.